The molecule has 1 aliphatic heterocycles. The number of carbonyl (C=O) groups is 3. The Morgan fingerprint density at radius 3 is 2.56 bits per heavy atom. The largest absolute Gasteiger partial charge is 0.444 e. The second-order valence-electron chi connectivity index (χ2n) is 9.44. The number of amides is 2. The predicted molar refractivity (Wildman–Crippen MR) is 130 cm³/mol. The SMILES string of the molecule is CC(C)C[C@H](NC(=O)OC(C)(C)C)C(=O)N1CCC=CC(=N)C(=O)C1S(O)(O)c1ccccn1. The van der Waals surface area contributed by atoms with E-state index < -0.39 is 51.1 Å². The van der Waals surface area contributed by atoms with Crippen LogP contribution in [-0.4, -0.2) is 66.0 Å². The summed E-state index contributed by atoms with van der Waals surface area (Å²) in [6.45, 7) is 8.79. The topological polar surface area (TPSA) is 153 Å². The van der Waals surface area contributed by atoms with E-state index in [4.69, 9.17) is 10.1 Å². The maximum absolute atomic E-state index is 13.7. The van der Waals surface area contributed by atoms with E-state index in [1.54, 1.807) is 32.9 Å². The third-order valence-corrected chi connectivity index (χ3v) is 6.78. The molecule has 11 heteroatoms. The lowest BCUT2D eigenvalue weighted by Crippen LogP contribution is -2.57. The molecule has 34 heavy (non-hydrogen) atoms. The predicted octanol–water partition coefficient (Wildman–Crippen LogP) is 3.83. The number of rotatable bonds is 6. The van der Waals surface area contributed by atoms with E-state index in [1.807, 2.05) is 13.8 Å². The summed E-state index contributed by atoms with van der Waals surface area (Å²) >= 11 is 0. The number of alkyl carbamates (subject to hydrolysis) is 1. The fourth-order valence-corrected chi connectivity index (χ4v) is 5.14. The van der Waals surface area contributed by atoms with Gasteiger partial charge in [-0.3, -0.25) is 24.1 Å². The van der Waals surface area contributed by atoms with E-state index in [1.165, 1.54) is 24.4 Å². The van der Waals surface area contributed by atoms with E-state index in [2.05, 4.69) is 10.3 Å². The van der Waals surface area contributed by atoms with Crippen LogP contribution in [0, 0.1) is 11.3 Å². The Bertz CT molecular complexity index is 943. The van der Waals surface area contributed by atoms with Crippen molar-refractivity contribution in [1.29, 1.82) is 5.41 Å². The molecule has 188 valence electrons. The van der Waals surface area contributed by atoms with Gasteiger partial charge in [-0.1, -0.05) is 26.0 Å². The van der Waals surface area contributed by atoms with Crippen LogP contribution in [0.1, 0.15) is 47.5 Å². The molecule has 4 N–H and O–H groups in total. The summed E-state index contributed by atoms with van der Waals surface area (Å²) in [5, 5.41) is 8.72. The highest BCUT2D eigenvalue weighted by molar-refractivity contribution is 8.25. The molecule has 1 aliphatic rings. The van der Waals surface area contributed by atoms with Gasteiger partial charge in [0.1, 0.15) is 22.4 Å². The van der Waals surface area contributed by atoms with Gasteiger partial charge in [0.15, 0.2) is 5.37 Å². The van der Waals surface area contributed by atoms with E-state index in [0.29, 0.717) is 0 Å². The number of ether oxygens (including phenoxy) is 1. The zero-order valence-electron chi connectivity index (χ0n) is 20.1. The molecule has 0 fully saturated rings. The first-order valence-corrected chi connectivity index (χ1v) is 12.6. The molecule has 2 heterocycles. The minimum absolute atomic E-state index is 0.0119. The number of aromatic nitrogens is 1. The second kappa shape index (κ2) is 11.1. The number of hydrogen-bond donors (Lipinski definition) is 4. The number of pyridine rings is 1. The molecule has 2 atom stereocenters. The second-order valence-corrected chi connectivity index (χ2v) is 11.5. The van der Waals surface area contributed by atoms with E-state index in [9.17, 15) is 23.5 Å². The van der Waals surface area contributed by atoms with Crippen molar-refractivity contribution in [2.45, 2.75) is 69.5 Å². The standard InChI is InChI=1S/C23H34N4O6S/c1-15(2)14-17(26-22(30)33-23(3,4)5)20(29)27-13-9-7-10-16(24)19(28)21(27)34(31,32)18-11-6-8-12-25-18/h6-8,10-12,15,17,21,24,31-32H,9,13-14H2,1-5H3,(H,26,30)/t17-,21?/m0/s1. The molecule has 2 rings (SSSR count). The van der Waals surface area contributed by atoms with Gasteiger partial charge < -0.3 is 15.0 Å². The first-order valence-electron chi connectivity index (χ1n) is 11.0. The van der Waals surface area contributed by atoms with Gasteiger partial charge in [0.05, 0.1) is 0 Å². The van der Waals surface area contributed by atoms with Crippen molar-refractivity contribution in [2.75, 3.05) is 6.54 Å². The summed E-state index contributed by atoms with van der Waals surface area (Å²) in [5.41, 5.74) is -1.25. The third kappa shape index (κ3) is 7.12. The van der Waals surface area contributed by atoms with Crippen LogP contribution in [0.2, 0.25) is 0 Å². The third-order valence-electron chi connectivity index (χ3n) is 4.83. The van der Waals surface area contributed by atoms with Crippen molar-refractivity contribution >= 4 is 34.1 Å². The Morgan fingerprint density at radius 1 is 1.32 bits per heavy atom. The van der Waals surface area contributed by atoms with E-state index in [-0.39, 0.29) is 30.3 Å². The zero-order chi connectivity index (χ0) is 25.7. The number of allylic oxidation sites excluding steroid dienone is 1. The van der Waals surface area contributed by atoms with Crippen molar-refractivity contribution in [3.05, 3.63) is 36.5 Å². The van der Waals surface area contributed by atoms with Crippen molar-refractivity contribution in [3.63, 3.8) is 0 Å². The minimum Gasteiger partial charge on any atom is -0.444 e. The monoisotopic (exact) mass is 494 g/mol. The Labute approximate surface area is 201 Å². The molecular weight excluding hydrogens is 460 g/mol. The van der Waals surface area contributed by atoms with Crippen LogP contribution in [0.3, 0.4) is 0 Å². The molecule has 0 bridgehead atoms. The van der Waals surface area contributed by atoms with Gasteiger partial charge in [-0.15, -0.1) is 10.6 Å². The van der Waals surface area contributed by atoms with Gasteiger partial charge in [-0.05, 0) is 57.7 Å². The molecule has 1 unspecified atom stereocenters. The van der Waals surface area contributed by atoms with Crippen LogP contribution in [0.15, 0.2) is 41.6 Å². The van der Waals surface area contributed by atoms with Crippen molar-refractivity contribution in [1.82, 2.24) is 15.2 Å². The average Bonchev–Trinajstić information content (AvgIpc) is 2.72. The summed E-state index contributed by atoms with van der Waals surface area (Å²) in [5.74, 6) is -1.60. The Kier molecular flexibility index (Phi) is 8.98. The summed E-state index contributed by atoms with van der Waals surface area (Å²) < 4.78 is 27.6. The van der Waals surface area contributed by atoms with Gasteiger partial charge in [-0.2, -0.15) is 0 Å². The highest BCUT2D eigenvalue weighted by atomic mass is 32.3. The molecule has 0 saturated carbocycles. The molecule has 0 aromatic carbocycles. The van der Waals surface area contributed by atoms with Gasteiger partial charge in [0.2, 0.25) is 11.7 Å². The summed E-state index contributed by atoms with van der Waals surface area (Å²) in [4.78, 5) is 44.4. The summed E-state index contributed by atoms with van der Waals surface area (Å²) in [6.07, 6.45) is 3.91. The van der Waals surface area contributed by atoms with Gasteiger partial charge >= 0.3 is 6.09 Å². The maximum atomic E-state index is 13.7. The molecule has 1 aromatic rings. The smallest absolute Gasteiger partial charge is 0.408 e. The highest BCUT2D eigenvalue weighted by Gasteiger charge is 2.45. The van der Waals surface area contributed by atoms with Crippen LogP contribution in [0.4, 0.5) is 4.79 Å². The molecule has 2 amide bonds. The van der Waals surface area contributed by atoms with Crippen molar-refractivity contribution in [3.8, 4) is 0 Å². The molecule has 0 saturated heterocycles. The summed E-state index contributed by atoms with van der Waals surface area (Å²) in [6, 6.07) is 3.39. The summed E-state index contributed by atoms with van der Waals surface area (Å²) in [7, 11) is -3.97. The Hall–Kier alpha value is -2.76. The quantitative estimate of drug-likeness (QED) is 0.469. The Balaban J connectivity index is 2.50. The molecule has 0 aliphatic carbocycles. The number of hydrogen-bond acceptors (Lipinski definition) is 8. The maximum Gasteiger partial charge on any atom is 0.408 e. The van der Waals surface area contributed by atoms with E-state index >= 15 is 0 Å². The lowest BCUT2D eigenvalue weighted by molar-refractivity contribution is -0.137. The van der Waals surface area contributed by atoms with Crippen LogP contribution < -0.4 is 5.32 Å². The molecule has 1 aromatic heterocycles. The van der Waals surface area contributed by atoms with Gasteiger partial charge in [-0.25, -0.2) is 9.78 Å². The lowest BCUT2D eigenvalue weighted by atomic mass is 10.0. The molecule has 0 spiro atoms. The number of Topliss-reactive ketones (excluding diaryl/α,β-unsaturated/α-hetero) is 1. The lowest BCUT2D eigenvalue weighted by Gasteiger charge is -2.45. The highest BCUT2D eigenvalue weighted by Crippen LogP contribution is 2.53. The number of nitrogens with zero attached hydrogens (tertiary/aromatic N) is 2. The zero-order valence-corrected chi connectivity index (χ0v) is 21.0. The normalized spacial score (nSPS) is 18.8. The molecular formula is C23H34N4O6S. The number of ketones is 1. The number of carbonyl (C=O) groups excluding carboxylic acids is 3. The van der Waals surface area contributed by atoms with Crippen LogP contribution in [-0.2, 0) is 14.3 Å². The van der Waals surface area contributed by atoms with Gasteiger partial charge in [0.25, 0.3) is 0 Å². The van der Waals surface area contributed by atoms with Crippen LogP contribution in [0.25, 0.3) is 0 Å². The van der Waals surface area contributed by atoms with Crippen LogP contribution in [0.5, 0.6) is 0 Å². The molecule has 0 radical (unpaired) electrons. The van der Waals surface area contributed by atoms with Crippen molar-refractivity contribution in [2.24, 2.45) is 5.92 Å². The molecule has 10 nitrogen and oxygen atoms in total. The first-order chi connectivity index (χ1) is 15.7. The Morgan fingerprint density at radius 2 is 2.00 bits per heavy atom. The fraction of sp³-hybridized carbons (Fsp3) is 0.522. The van der Waals surface area contributed by atoms with Crippen LogP contribution >= 0.6 is 10.6 Å². The van der Waals surface area contributed by atoms with Gasteiger partial charge in [0, 0.05) is 12.7 Å². The average molecular weight is 495 g/mol. The first kappa shape index (κ1) is 27.5. The fourth-order valence-electron chi connectivity index (χ4n) is 3.42. The van der Waals surface area contributed by atoms with E-state index in [0.717, 1.165) is 4.90 Å². The number of nitrogens with one attached hydrogen (secondary N) is 2. The van der Waals surface area contributed by atoms with Crippen molar-refractivity contribution < 1.29 is 28.2 Å². The minimum atomic E-state index is -3.97.